The Balaban J connectivity index is 3.96. The molecule has 0 heterocycles. The SMILES string of the molecule is CC=NC(CCC(=O)O)C(=O)O. The van der Waals surface area contributed by atoms with Crippen molar-refractivity contribution in [1.82, 2.24) is 0 Å². The fraction of sp³-hybridized carbons (Fsp3) is 0.571. The fourth-order valence-corrected chi connectivity index (χ4v) is 0.702. The number of hydrogen-bond acceptors (Lipinski definition) is 3. The van der Waals surface area contributed by atoms with E-state index in [-0.39, 0.29) is 12.8 Å². The van der Waals surface area contributed by atoms with Gasteiger partial charge in [-0.2, -0.15) is 0 Å². The van der Waals surface area contributed by atoms with Crippen molar-refractivity contribution in [2.24, 2.45) is 4.99 Å². The summed E-state index contributed by atoms with van der Waals surface area (Å²) in [5, 5.41) is 16.8. The van der Waals surface area contributed by atoms with Crippen molar-refractivity contribution in [1.29, 1.82) is 0 Å². The van der Waals surface area contributed by atoms with Crippen LogP contribution in [0.1, 0.15) is 19.8 Å². The van der Waals surface area contributed by atoms with Crippen molar-refractivity contribution in [3.63, 3.8) is 0 Å². The molecule has 0 aromatic heterocycles. The van der Waals surface area contributed by atoms with Crippen molar-refractivity contribution in [3.05, 3.63) is 0 Å². The molecule has 1 unspecified atom stereocenters. The maximum Gasteiger partial charge on any atom is 0.328 e. The Morgan fingerprint density at radius 3 is 2.42 bits per heavy atom. The van der Waals surface area contributed by atoms with Crippen LogP contribution in [-0.4, -0.2) is 34.4 Å². The monoisotopic (exact) mass is 173 g/mol. The van der Waals surface area contributed by atoms with Gasteiger partial charge in [-0.05, 0) is 19.6 Å². The zero-order chi connectivity index (χ0) is 9.56. The molecule has 0 aliphatic carbocycles. The highest BCUT2D eigenvalue weighted by molar-refractivity contribution is 5.76. The average molecular weight is 173 g/mol. The summed E-state index contributed by atoms with van der Waals surface area (Å²) in [6.45, 7) is 1.59. The van der Waals surface area contributed by atoms with Crippen LogP contribution in [0.3, 0.4) is 0 Å². The molecule has 0 aliphatic rings. The molecule has 0 amide bonds. The predicted octanol–water partition coefficient (Wildman–Crippen LogP) is 0.395. The molecule has 2 N–H and O–H groups in total. The van der Waals surface area contributed by atoms with Crippen LogP contribution in [0.5, 0.6) is 0 Å². The summed E-state index contributed by atoms with van der Waals surface area (Å²) in [4.78, 5) is 24.1. The number of aliphatic imine (C=N–C) groups is 1. The number of aliphatic carboxylic acids is 2. The van der Waals surface area contributed by atoms with Crippen LogP contribution < -0.4 is 0 Å². The van der Waals surface area contributed by atoms with Crippen LogP contribution in [0.15, 0.2) is 4.99 Å². The minimum Gasteiger partial charge on any atom is -0.481 e. The lowest BCUT2D eigenvalue weighted by molar-refractivity contribution is -0.139. The van der Waals surface area contributed by atoms with E-state index in [1.165, 1.54) is 6.21 Å². The van der Waals surface area contributed by atoms with Gasteiger partial charge in [0.2, 0.25) is 0 Å². The van der Waals surface area contributed by atoms with Gasteiger partial charge in [0.1, 0.15) is 6.04 Å². The second kappa shape index (κ2) is 5.29. The van der Waals surface area contributed by atoms with Gasteiger partial charge >= 0.3 is 11.9 Å². The van der Waals surface area contributed by atoms with Gasteiger partial charge in [0, 0.05) is 6.42 Å². The molecule has 0 bridgehead atoms. The molecule has 0 aliphatic heterocycles. The van der Waals surface area contributed by atoms with Gasteiger partial charge < -0.3 is 10.2 Å². The van der Waals surface area contributed by atoms with E-state index in [0.29, 0.717) is 0 Å². The summed E-state index contributed by atoms with van der Waals surface area (Å²) >= 11 is 0. The van der Waals surface area contributed by atoms with E-state index in [4.69, 9.17) is 10.2 Å². The van der Waals surface area contributed by atoms with Crippen molar-refractivity contribution in [3.8, 4) is 0 Å². The van der Waals surface area contributed by atoms with Crippen LogP contribution in [0.25, 0.3) is 0 Å². The first-order chi connectivity index (χ1) is 5.57. The first-order valence-corrected chi connectivity index (χ1v) is 3.50. The highest BCUT2D eigenvalue weighted by atomic mass is 16.4. The van der Waals surface area contributed by atoms with E-state index in [9.17, 15) is 9.59 Å². The molecular weight excluding hydrogens is 162 g/mol. The molecule has 0 saturated heterocycles. The summed E-state index contributed by atoms with van der Waals surface area (Å²) in [5.74, 6) is -2.10. The Kier molecular flexibility index (Phi) is 4.67. The van der Waals surface area contributed by atoms with Gasteiger partial charge in [-0.25, -0.2) is 4.79 Å². The van der Waals surface area contributed by atoms with Gasteiger partial charge in [-0.15, -0.1) is 0 Å². The summed E-state index contributed by atoms with van der Waals surface area (Å²) in [7, 11) is 0. The average Bonchev–Trinajstić information content (AvgIpc) is 1.96. The molecule has 5 heteroatoms. The molecule has 1 atom stereocenters. The van der Waals surface area contributed by atoms with Gasteiger partial charge in [-0.3, -0.25) is 9.79 Å². The van der Waals surface area contributed by atoms with Crippen molar-refractivity contribution < 1.29 is 19.8 Å². The van der Waals surface area contributed by atoms with Crippen molar-refractivity contribution >= 4 is 18.2 Å². The number of hydrogen-bond donors (Lipinski definition) is 2. The zero-order valence-corrected chi connectivity index (χ0v) is 6.73. The van der Waals surface area contributed by atoms with Gasteiger partial charge in [0.25, 0.3) is 0 Å². The Hall–Kier alpha value is -1.39. The molecule has 0 radical (unpaired) electrons. The molecule has 0 fully saturated rings. The van der Waals surface area contributed by atoms with E-state index in [0.717, 1.165) is 0 Å². The Morgan fingerprint density at radius 1 is 1.50 bits per heavy atom. The lowest BCUT2D eigenvalue weighted by Crippen LogP contribution is -2.19. The molecule has 0 rings (SSSR count). The lowest BCUT2D eigenvalue weighted by atomic mass is 10.2. The van der Waals surface area contributed by atoms with Crippen molar-refractivity contribution in [2.45, 2.75) is 25.8 Å². The molecule has 0 aromatic rings. The van der Waals surface area contributed by atoms with E-state index in [2.05, 4.69) is 4.99 Å². The predicted molar refractivity (Wildman–Crippen MR) is 42.5 cm³/mol. The number of rotatable bonds is 5. The zero-order valence-electron chi connectivity index (χ0n) is 6.73. The summed E-state index contributed by atoms with van der Waals surface area (Å²) in [6.07, 6.45) is 1.23. The number of nitrogens with zero attached hydrogens (tertiary/aromatic N) is 1. The standard InChI is InChI=1S/C7H11NO4/c1-2-8-5(7(11)12)3-4-6(9)10/h2,5H,3-4H2,1H3,(H,9,10)(H,11,12). The second-order valence-electron chi connectivity index (χ2n) is 2.19. The molecule has 5 nitrogen and oxygen atoms in total. The third-order valence-electron chi connectivity index (χ3n) is 1.25. The summed E-state index contributed by atoms with van der Waals surface area (Å²) < 4.78 is 0. The van der Waals surface area contributed by atoms with E-state index in [1.807, 2.05) is 0 Å². The topological polar surface area (TPSA) is 87.0 Å². The molecular formula is C7H11NO4. The van der Waals surface area contributed by atoms with Crippen LogP contribution in [0.4, 0.5) is 0 Å². The second-order valence-corrected chi connectivity index (χ2v) is 2.19. The third kappa shape index (κ3) is 4.43. The number of carboxylic acid groups (broad SMARTS) is 2. The maximum atomic E-state index is 10.4. The summed E-state index contributed by atoms with van der Waals surface area (Å²) in [6, 6.07) is -0.925. The first kappa shape index (κ1) is 10.6. The van der Waals surface area contributed by atoms with Gasteiger partial charge in [0.15, 0.2) is 0 Å². The minimum absolute atomic E-state index is 0.0367. The van der Waals surface area contributed by atoms with E-state index in [1.54, 1.807) is 6.92 Å². The highest BCUT2D eigenvalue weighted by Gasteiger charge is 2.15. The molecule has 12 heavy (non-hydrogen) atoms. The molecule has 0 saturated carbocycles. The molecule has 0 aromatic carbocycles. The van der Waals surface area contributed by atoms with Crippen LogP contribution >= 0.6 is 0 Å². The van der Waals surface area contributed by atoms with E-state index < -0.39 is 18.0 Å². The van der Waals surface area contributed by atoms with E-state index >= 15 is 0 Å². The molecule has 0 spiro atoms. The quantitative estimate of drug-likeness (QED) is 0.589. The van der Waals surface area contributed by atoms with Crippen molar-refractivity contribution in [2.75, 3.05) is 0 Å². The van der Waals surface area contributed by atoms with Crippen LogP contribution in [-0.2, 0) is 9.59 Å². The van der Waals surface area contributed by atoms with Gasteiger partial charge in [-0.1, -0.05) is 0 Å². The molecule has 68 valence electrons. The highest BCUT2D eigenvalue weighted by Crippen LogP contribution is 2.01. The largest absolute Gasteiger partial charge is 0.481 e. The maximum absolute atomic E-state index is 10.4. The summed E-state index contributed by atoms with van der Waals surface area (Å²) in [5.41, 5.74) is 0. The Bertz CT molecular complexity index is 200. The lowest BCUT2D eigenvalue weighted by Gasteiger charge is -2.03. The fourth-order valence-electron chi connectivity index (χ4n) is 0.702. The van der Waals surface area contributed by atoms with Crippen LogP contribution in [0, 0.1) is 0 Å². The third-order valence-corrected chi connectivity index (χ3v) is 1.25. The number of carboxylic acids is 2. The Morgan fingerprint density at radius 2 is 2.08 bits per heavy atom. The Labute approximate surface area is 69.7 Å². The van der Waals surface area contributed by atoms with Crippen LogP contribution in [0.2, 0.25) is 0 Å². The normalized spacial score (nSPS) is 13.1. The van der Waals surface area contributed by atoms with Gasteiger partial charge in [0.05, 0.1) is 0 Å². The smallest absolute Gasteiger partial charge is 0.328 e. The minimum atomic E-state index is -1.09. The first-order valence-electron chi connectivity index (χ1n) is 3.50. The number of carbonyl (C=O) groups is 2.